The zero-order chi connectivity index (χ0) is 14.2. The number of nitrogens with zero attached hydrogens (tertiary/aromatic N) is 2. The van der Waals surface area contributed by atoms with Gasteiger partial charge < -0.3 is 5.73 Å². The molecular weight excluding hydrogens is 258 g/mol. The van der Waals surface area contributed by atoms with Crippen LogP contribution in [0.4, 0.5) is 0 Å². The summed E-state index contributed by atoms with van der Waals surface area (Å²) < 4.78 is 1.86. The van der Waals surface area contributed by atoms with Crippen molar-refractivity contribution in [3.8, 4) is 0 Å². The highest BCUT2D eigenvalue weighted by Crippen LogP contribution is 2.29. The Morgan fingerprint density at radius 3 is 2.62 bits per heavy atom. The van der Waals surface area contributed by atoms with E-state index in [1.807, 2.05) is 41.2 Å². The van der Waals surface area contributed by atoms with E-state index in [-0.39, 0.29) is 6.04 Å². The summed E-state index contributed by atoms with van der Waals surface area (Å²) in [5.41, 5.74) is 9.77. The van der Waals surface area contributed by atoms with Crippen LogP contribution in [0.5, 0.6) is 0 Å². The van der Waals surface area contributed by atoms with Gasteiger partial charge in [0.15, 0.2) is 0 Å². The molecule has 102 valence electrons. The Bertz CT molecular complexity index is 918. The molecule has 2 N–H and O–H groups in total. The fraction of sp³-hybridized carbons (Fsp3) is 0.0556. The van der Waals surface area contributed by atoms with Crippen LogP contribution in [0, 0.1) is 0 Å². The fourth-order valence-corrected chi connectivity index (χ4v) is 2.88. The molecule has 4 rings (SSSR count). The Morgan fingerprint density at radius 1 is 0.857 bits per heavy atom. The van der Waals surface area contributed by atoms with Crippen LogP contribution in [-0.4, -0.2) is 9.61 Å². The molecule has 2 heterocycles. The molecule has 0 radical (unpaired) electrons. The molecule has 21 heavy (non-hydrogen) atoms. The van der Waals surface area contributed by atoms with Gasteiger partial charge in [-0.1, -0.05) is 48.5 Å². The van der Waals surface area contributed by atoms with Gasteiger partial charge in [-0.3, -0.25) is 0 Å². The van der Waals surface area contributed by atoms with Crippen LogP contribution in [0.1, 0.15) is 17.2 Å². The SMILES string of the molecule is NC(c1cccc2ccccc12)c1cnn2ccccc12. The van der Waals surface area contributed by atoms with Crippen molar-refractivity contribution < 1.29 is 0 Å². The monoisotopic (exact) mass is 273 g/mol. The molecule has 3 nitrogen and oxygen atoms in total. The number of rotatable bonds is 2. The lowest BCUT2D eigenvalue weighted by molar-refractivity contribution is 0.889. The number of hydrogen-bond donors (Lipinski definition) is 1. The van der Waals surface area contributed by atoms with Crippen molar-refractivity contribution in [1.82, 2.24) is 9.61 Å². The Balaban J connectivity index is 1.92. The molecule has 0 fully saturated rings. The average molecular weight is 273 g/mol. The molecule has 0 aliphatic carbocycles. The highest BCUT2D eigenvalue weighted by Gasteiger charge is 2.16. The van der Waals surface area contributed by atoms with Gasteiger partial charge in [-0.2, -0.15) is 5.10 Å². The van der Waals surface area contributed by atoms with Gasteiger partial charge in [-0.25, -0.2) is 4.52 Å². The summed E-state index contributed by atoms with van der Waals surface area (Å²) >= 11 is 0. The predicted octanol–water partition coefficient (Wildman–Crippen LogP) is 3.54. The lowest BCUT2D eigenvalue weighted by Crippen LogP contribution is -2.12. The molecule has 1 unspecified atom stereocenters. The number of benzene rings is 2. The molecule has 0 bridgehead atoms. The Morgan fingerprint density at radius 2 is 1.67 bits per heavy atom. The first-order valence-electron chi connectivity index (χ1n) is 7.00. The first-order valence-corrected chi connectivity index (χ1v) is 7.00. The summed E-state index contributed by atoms with van der Waals surface area (Å²) in [7, 11) is 0. The fourth-order valence-electron chi connectivity index (χ4n) is 2.88. The van der Waals surface area contributed by atoms with E-state index in [0.717, 1.165) is 16.6 Å². The van der Waals surface area contributed by atoms with Crippen molar-refractivity contribution >= 4 is 16.3 Å². The number of aromatic nitrogens is 2. The molecule has 3 heteroatoms. The van der Waals surface area contributed by atoms with E-state index in [4.69, 9.17) is 5.73 Å². The minimum Gasteiger partial charge on any atom is -0.320 e. The number of fused-ring (bicyclic) bond motifs is 2. The number of hydrogen-bond acceptors (Lipinski definition) is 2. The highest BCUT2D eigenvalue weighted by atomic mass is 15.2. The highest BCUT2D eigenvalue weighted by molar-refractivity contribution is 5.86. The lowest BCUT2D eigenvalue weighted by Gasteiger charge is -2.14. The van der Waals surface area contributed by atoms with Gasteiger partial charge in [-0.15, -0.1) is 0 Å². The quantitative estimate of drug-likeness (QED) is 0.607. The third-order valence-corrected chi connectivity index (χ3v) is 3.95. The normalized spacial score (nSPS) is 12.8. The molecule has 0 spiro atoms. The van der Waals surface area contributed by atoms with Crippen molar-refractivity contribution in [2.45, 2.75) is 6.04 Å². The molecule has 0 aliphatic rings. The topological polar surface area (TPSA) is 43.3 Å². The Kier molecular flexibility index (Phi) is 2.72. The van der Waals surface area contributed by atoms with Crippen molar-refractivity contribution in [3.63, 3.8) is 0 Å². The van der Waals surface area contributed by atoms with Crippen molar-refractivity contribution in [2.75, 3.05) is 0 Å². The molecule has 0 aliphatic heterocycles. The molecule has 0 amide bonds. The number of nitrogens with two attached hydrogens (primary N) is 1. The third-order valence-electron chi connectivity index (χ3n) is 3.95. The first kappa shape index (κ1) is 12.1. The summed E-state index contributed by atoms with van der Waals surface area (Å²) in [6.45, 7) is 0. The minimum absolute atomic E-state index is 0.184. The standard InChI is InChI=1S/C18H15N3/c19-18(16-12-20-21-11-4-3-10-17(16)21)15-9-5-7-13-6-1-2-8-14(13)15/h1-12,18H,19H2. The second-order valence-electron chi connectivity index (χ2n) is 5.18. The number of pyridine rings is 1. The molecule has 0 saturated carbocycles. The third kappa shape index (κ3) is 1.90. The van der Waals surface area contributed by atoms with Crippen molar-refractivity contribution in [1.29, 1.82) is 0 Å². The molecule has 4 aromatic rings. The van der Waals surface area contributed by atoms with E-state index in [2.05, 4.69) is 41.5 Å². The van der Waals surface area contributed by atoms with Gasteiger partial charge in [0.05, 0.1) is 17.8 Å². The van der Waals surface area contributed by atoms with Crippen molar-refractivity contribution in [3.05, 3.63) is 84.2 Å². The van der Waals surface area contributed by atoms with E-state index in [1.54, 1.807) is 0 Å². The van der Waals surface area contributed by atoms with Crippen LogP contribution in [-0.2, 0) is 0 Å². The lowest BCUT2D eigenvalue weighted by atomic mass is 9.95. The van der Waals surface area contributed by atoms with Crippen LogP contribution < -0.4 is 5.73 Å². The maximum absolute atomic E-state index is 6.54. The van der Waals surface area contributed by atoms with Crippen LogP contribution in [0.25, 0.3) is 16.3 Å². The van der Waals surface area contributed by atoms with Gasteiger partial charge in [0, 0.05) is 11.8 Å². The molecular formula is C18H15N3. The van der Waals surface area contributed by atoms with E-state index in [0.29, 0.717) is 0 Å². The van der Waals surface area contributed by atoms with Gasteiger partial charge in [0.2, 0.25) is 0 Å². The summed E-state index contributed by atoms with van der Waals surface area (Å²) in [6.07, 6.45) is 3.80. The average Bonchev–Trinajstić information content (AvgIpc) is 2.98. The van der Waals surface area contributed by atoms with E-state index in [9.17, 15) is 0 Å². The summed E-state index contributed by atoms with van der Waals surface area (Å²) in [5, 5.41) is 6.79. The zero-order valence-electron chi connectivity index (χ0n) is 11.5. The first-order chi connectivity index (χ1) is 10.3. The second-order valence-corrected chi connectivity index (χ2v) is 5.18. The summed E-state index contributed by atoms with van der Waals surface area (Å²) in [4.78, 5) is 0. The second kappa shape index (κ2) is 4.72. The molecule has 2 aromatic carbocycles. The van der Waals surface area contributed by atoms with E-state index >= 15 is 0 Å². The Labute approximate surface area is 122 Å². The van der Waals surface area contributed by atoms with Gasteiger partial charge >= 0.3 is 0 Å². The van der Waals surface area contributed by atoms with Crippen molar-refractivity contribution in [2.24, 2.45) is 5.73 Å². The van der Waals surface area contributed by atoms with Gasteiger partial charge in [0.1, 0.15) is 0 Å². The van der Waals surface area contributed by atoms with Crippen LogP contribution >= 0.6 is 0 Å². The Hall–Kier alpha value is -2.65. The van der Waals surface area contributed by atoms with E-state index < -0.39 is 0 Å². The summed E-state index contributed by atoms with van der Waals surface area (Å²) in [6, 6.07) is 20.4. The summed E-state index contributed by atoms with van der Waals surface area (Å²) in [5.74, 6) is 0. The van der Waals surface area contributed by atoms with Gasteiger partial charge in [-0.05, 0) is 28.5 Å². The van der Waals surface area contributed by atoms with Crippen LogP contribution in [0.3, 0.4) is 0 Å². The predicted molar refractivity (Wildman–Crippen MR) is 85.2 cm³/mol. The molecule has 0 saturated heterocycles. The largest absolute Gasteiger partial charge is 0.320 e. The van der Waals surface area contributed by atoms with Crippen LogP contribution in [0.15, 0.2) is 73.1 Å². The minimum atomic E-state index is -0.184. The molecule has 2 aromatic heterocycles. The molecule has 1 atom stereocenters. The smallest absolute Gasteiger partial charge is 0.0712 e. The maximum atomic E-state index is 6.54. The zero-order valence-corrected chi connectivity index (χ0v) is 11.5. The van der Waals surface area contributed by atoms with Gasteiger partial charge in [0.25, 0.3) is 0 Å². The maximum Gasteiger partial charge on any atom is 0.0712 e. The van der Waals surface area contributed by atoms with Crippen LogP contribution in [0.2, 0.25) is 0 Å². The van der Waals surface area contributed by atoms with E-state index in [1.165, 1.54) is 10.8 Å².